The van der Waals surface area contributed by atoms with E-state index in [1.165, 1.54) is 19.1 Å². The van der Waals surface area contributed by atoms with E-state index in [1.807, 2.05) is 30.3 Å². The molecule has 34 heavy (non-hydrogen) atoms. The van der Waals surface area contributed by atoms with Crippen molar-refractivity contribution in [2.45, 2.75) is 44.7 Å². The molecule has 1 aromatic carbocycles. The second kappa shape index (κ2) is 7.98. The lowest BCUT2D eigenvalue weighted by molar-refractivity contribution is 0.369. The van der Waals surface area contributed by atoms with E-state index in [9.17, 15) is 0 Å². The Bertz CT molecular complexity index is 1400. The average molecular weight is 453 g/mol. The van der Waals surface area contributed by atoms with Crippen LogP contribution in [0.15, 0.2) is 49.1 Å². The summed E-state index contributed by atoms with van der Waals surface area (Å²) in [5, 5.41) is 22.1. The van der Waals surface area contributed by atoms with Crippen LogP contribution in [0.2, 0.25) is 0 Å². The van der Waals surface area contributed by atoms with E-state index in [1.54, 1.807) is 22.0 Å². The molecule has 1 unspecified atom stereocenters. The molecule has 2 aliphatic rings. The van der Waals surface area contributed by atoms with Gasteiger partial charge in [-0.25, -0.2) is 9.97 Å². The zero-order chi connectivity index (χ0) is 23.2. The number of amidine groups is 1. The lowest BCUT2D eigenvalue weighted by Crippen LogP contribution is -2.58. The Morgan fingerprint density at radius 3 is 2.76 bits per heavy atom. The van der Waals surface area contributed by atoms with Gasteiger partial charge in [-0.05, 0) is 37.8 Å². The molecule has 1 aliphatic heterocycles. The van der Waals surface area contributed by atoms with E-state index < -0.39 is 0 Å². The average Bonchev–Trinajstić information content (AvgIpc) is 3.32. The van der Waals surface area contributed by atoms with E-state index in [-0.39, 0.29) is 6.04 Å². The maximum absolute atomic E-state index is 8.72. The Morgan fingerprint density at radius 2 is 2.00 bits per heavy atom. The van der Waals surface area contributed by atoms with E-state index in [2.05, 4.69) is 31.9 Å². The molecule has 0 saturated heterocycles. The molecular formula is C24H24N10. The van der Waals surface area contributed by atoms with Crippen LogP contribution in [0.3, 0.4) is 0 Å². The SMILES string of the molecule is CCC1C(=N)N(C=N)c2cnc(-n3ncnc3-c3cccc4ncccc34)nc2N1C1CCC1. The first-order chi connectivity index (χ1) is 16.7. The van der Waals surface area contributed by atoms with Crippen LogP contribution in [0.4, 0.5) is 11.5 Å². The van der Waals surface area contributed by atoms with Crippen molar-refractivity contribution in [1.82, 2.24) is 29.7 Å². The first-order valence-electron chi connectivity index (χ1n) is 11.5. The number of pyridine rings is 1. The molecule has 10 heteroatoms. The smallest absolute Gasteiger partial charge is 0.254 e. The third-order valence-corrected chi connectivity index (χ3v) is 6.76. The monoisotopic (exact) mass is 452 g/mol. The van der Waals surface area contributed by atoms with Crippen LogP contribution in [0.25, 0.3) is 28.2 Å². The third kappa shape index (κ3) is 2.98. The molecule has 1 atom stereocenters. The highest BCUT2D eigenvalue weighted by atomic mass is 15.4. The van der Waals surface area contributed by atoms with Crippen molar-refractivity contribution in [2.24, 2.45) is 0 Å². The minimum Gasteiger partial charge on any atom is -0.342 e. The molecule has 1 fully saturated rings. The summed E-state index contributed by atoms with van der Waals surface area (Å²) in [6, 6.07) is 10.0. The second-order valence-corrected chi connectivity index (χ2v) is 8.55. The lowest BCUT2D eigenvalue weighted by Gasteiger charge is -2.48. The van der Waals surface area contributed by atoms with E-state index in [4.69, 9.17) is 15.8 Å². The van der Waals surface area contributed by atoms with Crippen molar-refractivity contribution >= 4 is 34.6 Å². The zero-order valence-electron chi connectivity index (χ0n) is 18.8. The summed E-state index contributed by atoms with van der Waals surface area (Å²) in [7, 11) is 0. The first-order valence-corrected chi connectivity index (χ1v) is 11.5. The van der Waals surface area contributed by atoms with Gasteiger partial charge in [-0.15, -0.1) is 0 Å². The van der Waals surface area contributed by atoms with Crippen LogP contribution in [0.1, 0.15) is 32.6 Å². The van der Waals surface area contributed by atoms with E-state index in [0.717, 1.165) is 41.5 Å². The normalized spacial score (nSPS) is 18.1. The van der Waals surface area contributed by atoms with E-state index in [0.29, 0.717) is 29.3 Å². The van der Waals surface area contributed by atoms with Gasteiger partial charge < -0.3 is 4.90 Å². The summed E-state index contributed by atoms with van der Waals surface area (Å²) in [5.41, 5.74) is 2.42. The highest BCUT2D eigenvalue weighted by Crippen LogP contribution is 2.40. The predicted molar refractivity (Wildman–Crippen MR) is 131 cm³/mol. The summed E-state index contributed by atoms with van der Waals surface area (Å²) < 4.78 is 1.65. The van der Waals surface area contributed by atoms with Gasteiger partial charge in [0.1, 0.15) is 17.9 Å². The quantitative estimate of drug-likeness (QED) is 0.348. The van der Waals surface area contributed by atoms with Crippen molar-refractivity contribution < 1.29 is 0 Å². The van der Waals surface area contributed by atoms with Crippen molar-refractivity contribution in [2.75, 3.05) is 9.80 Å². The van der Waals surface area contributed by atoms with Crippen molar-refractivity contribution in [3.05, 3.63) is 49.1 Å². The highest BCUT2D eigenvalue weighted by molar-refractivity contribution is 6.16. The molecular weight excluding hydrogens is 428 g/mol. The van der Waals surface area contributed by atoms with Crippen molar-refractivity contribution in [3.63, 3.8) is 0 Å². The molecule has 10 nitrogen and oxygen atoms in total. The molecule has 6 rings (SSSR count). The molecule has 0 amide bonds. The zero-order valence-corrected chi connectivity index (χ0v) is 18.8. The van der Waals surface area contributed by atoms with Crippen molar-refractivity contribution in [1.29, 1.82) is 10.8 Å². The molecule has 0 spiro atoms. The molecule has 3 aromatic heterocycles. The fourth-order valence-electron chi connectivity index (χ4n) is 4.88. The standard InChI is InChI=1S/C24H24N10/c1-2-19-21(26)32(13-25)20-12-28-24(31-23(20)33(19)15-6-3-7-15)34-22(29-14-30-34)17-8-4-10-18-16(17)9-5-11-27-18/h4-5,8-15,19,25-26H,2-3,6-7H2,1H3. The van der Waals surface area contributed by atoms with Gasteiger partial charge in [0.2, 0.25) is 0 Å². The summed E-state index contributed by atoms with van der Waals surface area (Å²) in [6.45, 7) is 2.07. The number of nitrogens with zero attached hydrogens (tertiary/aromatic N) is 8. The van der Waals surface area contributed by atoms with Gasteiger partial charge in [0, 0.05) is 23.2 Å². The van der Waals surface area contributed by atoms with Gasteiger partial charge in [0.05, 0.1) is 24.1 Å². The van der Waals surface area contributed by atoms with Gasteiger partial charge >= 0.3 is 0 Å². The Hall–Kier alpha value is -4.21. The van der Waals surface area contributed by atoms with Gasteiger partial charge in [0.25, 0.3) is 5.95 Å². The van der Waals surface area contributed by atoms with Crippen LogP contribution in [0.5, 0.6) is 0 Å². The van der Waals surface area contributed by atoms with Crippen LogP contribution < -0.4 is 9.80 Å². The van der Waals surface area contributed by atoms with Crippen molar-refractivity contribution in [3.8, 4) is 17.3 Å². The Balaban J connectivity index is 1.51. The maximum Gasteiger partial charge on any atom is 0.254 e. The summed E-state index contributed by atoms with van der Waals surface area (Å²) in [5.74, 6) is 2.16. The summed E-state index contributed by atoms with van der Waals surface area (Å²) >= 11 is 0. The van der Waals surface area contributed by atoms with Gasteiger partial charge in [0.15, 0.2) is 11.6 Å². The minimum absolute atomic E-state index is 0.137. The fourth-order valence-corrected chi connectivity index (χ4v) is 4.88. The highest BCUT2D eigenvalue weighted by Gasteiger charge is 2.41. The number of nitrogens with one attached hydrogen (secondary N) is 2. The van der Waals surface area contributed by atoms with E-state index >= 15 is 0 Å². The van der Waals surface area contributed by atoms with Gasteiger partial charge in [-0.1, -0.05) is 25.1 Å². The number of fused-ring (bicyclic) bond motifs is 2. The molecule has 170 valence electrons. The predicted octanol–water partition coefficient (Wildman–Crippen LogP) is 3.81. The molecule has 2 N–H and O–H groups in total. The van der Waals surface area contributed by atoms with Crippen LogP contribution in [-0.2, 0) is 0 Å². The molecule has 1 aliphatic carbocycles. The van der Waals surface area contributed by atoms with Crippen LogP contribution in [-0.4, -0.2) is 54.0 Å². The number of benzene rings is 1. The molecule has 4 aromatic rings. The number of rotatable bonds is 5. The topological polar surface area (TPSA) is 124 Å². The maximum atomic E-state index is 8.72. The largest absolute Gasteiger partial charge is 0.342 e. The Kier molecular flexibility index (Phi) is 4.79. The number of aromatic nitrogens is 6. The molecule has 0 radical (unpaired) electrons. The minimum atomic E-state index is -0.137. The van der Waals surface area contributed by atoms with Crippen LogP contribution >= 0.6 is 0 Å². The molecule has 4 heterocycles. The Labute approximate surface area is 196 Å². The first kappa shape index (κ1) is 20.4. The lowest BCUT2D eigenvalue weighted by atomic mass is 9.88. The third-order valence-electron chi connectivity index (χ3n) is 6.76. The number of hydrogen-bond acceptors (Lipinski definition) is 8. The Morgan fingerprint density at radius 1 is 1.12 bits per heavy atom. The fraction of sp³-hybridized carbons (Fsp3) is 0.292. The molecule has 0 bridgehead atoms. The molecule has 1 saturated carbocycles. The summed E-state index contributed by atoms with van der Waals surface area (Å²) in [6.07, 6.45) is 10.2. The van der Waals surface area contributed by atoms with Gasteiger partial charge in [-0.2, -0.15) is 14.8 Å². The van der Waals surface area contributed by atoms with Gasteiger partial charge in [-0.3, -0.25) is 20.7 Å². The number of anilines is 2. The number of hydrogen-bond donors (Lipinski definition) is 2. The van der Waals surface area contributed by atoms with Crippen LogP contribution in [0, 0.1) is 10.8 Å². The second-order valence-electron chi connectivity index (χ2n) is 8.55. The summed E-state index contributed by atoms with van der Waals surface area (Å²) in [4.78, 5) is 22.4.